The fraction of sp³-hybridized carbons (Fsp3) is 0.500. The molecule has 0 heterocycles. The van der Waals surface area contributed by atoms with Crippen molar-refractivity contribution in [2.75, 3.05) is 13.2 Å². The van der Waals surface area contributed by atoms with Crippen molar-refractivity contribution in [3.8, 4) is 0 Å². The molecule has 0 rings (SSSR count). The van der Waals surface area contributed by atoms with E-state index in [1.807, 2.05) is 0 Å². The summed E-state index contributed by atoms with van der Waals surface area (Å²) in [5.74, 6) is -0.403. The topological polar surface area (TPSA) is 29.1 Å². The number of carbonyl (C=O) groups is 1. The summed E-state index contributed by atoms with van der Waals surface area (Å²) < 4.78 is 11.6. The monoisotopic (exact) mass is 131 g/mol. The van der Waals surface area contributed by atoms with E-state index in [0.717, 1.165) is 0 Å². The van der Waals surface area contributed by atoms with E-state index in [-0.39, 0.29) is 5.57 Å². The highest BCUT2D eigenvalue weighted by molar-refractivity contribution is 5.92. The zero-order valence-corrected chi connectivity index (χ0v) is 5.41. The largest absolute Gasteiger partial charge is 0.353 e. The fourth-order valence-electron chi connectivity index (χ4n) is 0.346. The maximum Gasteiger partial charge on any atom is 0.249 e. The first-order chi connectivity index (χ1) is 4.22. The van der Waals surface area contributed by atoms with Crippen LogP contribution in [0.4, 0.5) is 4.39 Å². The van der Waals surface area contributed by atoms with Gasteiger partial charge in [0.1, 0.15) is 6.67 Å². The summed E-state index contributed by atoms with van der Waals surface area (Å²) in [4.78, 5) is 10.5. The van der Waals surface area contributed by atoms with Crippen molar-refractivity contribution in [2.45, 2.75) is 6.92 Å². The van der Waals surface area contributed by atoms with Gasteiger partial charge in [-0.3, -0.25) is 4.79 Å². The number of rotatable bonds is 3. The Morgan fingerprint density at radius 2 is 2.33 bits per heavy atom. The molecular formula is C6H10FNO. The number of likely N-dealkylation sites (N-methyl/N-ethyl adjacent to an activating group) is 1. The third kappa shape index (κ3) is 2.85. The van der Waals surface area contributed by atoms with Gasteiger partial charge in [-0.2, -0.15) is 0 Å². The van der Waals surface area contributed by atoms with Gasteiger partial charge in [0, 0.05) is 12.1 Å². The standard InChI is InChI=1S/C6H10FNO/c1-3-8-6(9)5(2)4-7/h2-4H2,1H3,(H,8,9). The van der Waals surface area contributed by atoms with Crippen LogP contribution in [0.5, 0.6) is 0 Å². The van der Waals surface area contributed by atoms with Crippen LogP contribution in [0.3, 0.4) is 0 Å². The molecule has 52 valence electrons. The predicted molar refractivity (Wildman–Crippen MR) is 33.8 cm³/mol. The van der Waals surface area contributed by atoms with Crippen LogP contribution in [-0.2, 0) is 4.79 Å². The SMILES string of the molecule is C=C(CF)C(=O)NCC. The van der Waals surface area contributed by atoms with Gasteiger partial charge in [-0.15, -0.1) is 0 Å². The first-order valence-electron chi connectivity index (χ1n) is 2.74. The predicted octanol–water partition coefficient (Wildman–Crippen LogP) is 0.648. The number of amides is 1. The normalized spacial score (nSPS) is 8.67. The summed E-state index contributed by atoms with van der Waals surface area (Å²) >= 11 is 0. The van der Waals surface area contributed by atoms with Gasteiger partial charge in [0.25, 0.3) is 0 Å². The molecule has 0 unspecified atom stereocenters. The van der Waals surface area contributed by atoms with Crippen LogP contribution in [0.25, 0.3) is 0 Å². The van der Waals surface area contributed by atoms with Crippen molar-refractivity contribution in [2.24, 2.45) is 0 Å². The average molecular weight is 131 g/mol. The Morgan fingerprint density at radius 3 is 2.67 bits per heavy atom. The van der Waals surface area contributed by atoms with Crippen molar-refractivity contribution >= 4 is 5.91 Å². The Kier molecular flexibility index (Phi) is 3.67. The van der Waals surface area contributed by atoms with Crippen LogP contribution in [-0.4, -0.2) is 19.1 Å². The van der Waals surface area contributed by atoms with Crippen LogP contribution in [0.1, 0.15) is 6.92 Å². The molecule has 1 N–H and O–H groups in total. The number of alkyl halides is 1. The molecule has 0 bridgehead atoms. The summed E-state index contributed by atoms with van der Waals surface area (Å²) in [6.45, 7) is 4.71. The Bertz CT molecular complexity index is 122. The van der Waals surface area contributed by atoms with Gasteiger partial charge in [-0.1, -0.05) is 6.58 Å². The van der Waals surface area contributed by atoms with Crippen LogP contribution >= 0.6 is 0 Å². The van der Waals surface area contributed by atoms with E-state index < -0.39 is 12.6 Å². The van der Waals surface area contributed by atoms with E-state index in [4.69, 9.17) is 0 Å². The van der Waals surface area contributed by atoms with Gasteiger partial charge >= 0.3 is 0 Å². The zero-order chi connectivity index (χ0) is 7.28. The molecule has 0 radical (unpaired) electrons. The quantitative estimate of drug-likeness (QED) is 0.560. The van der Waals surface area contributed by atoms with Crippen molar-refractivity contribution in [3.05, 3.63) is 12.2 Å². The fourth-order valence-corrected chi connectivity index (χ4v) is 0.346. The lowest BCUT2D eigenvalue weighted by Crippen LogP contribution is -2.24. The molecule has 1 amide bonds. The molecule has 0 aliphatic rings. The molecule has 9 heavy (non-hydrogen) atoms. The molecule has 2 nitrogen and oxygen atoms in total. The molecule has 0 saturated heterocycles. The number of hydrogen-bond acceptors (Lipinski definition) is 1. The second-order valence-corrected chi connectivity index (χ2v) is 1.60. The molecular weight excluding hydrogens is 121 g/mol. The smallest absolute Gasteiger partial charge is 0.249 e. The summed E-state index contributed by atoms with van der Waals surface area (Å²) in [5, 5.41) is 2.42. The van der Waals surface area contributed by atoms with E-state index in [0.29, 0.717) is 6.54 Å². The van der Waals surface area contributed by atoms with Crippen LogP contribution < -0.4 is 5.32 Å². The third-order valence-corrected chi connectivity index (χ3v) is 0.820. The summed E-state index contributed by atoms with van der Waals surface area (Å²) in [6.07, 6.45) is 0. The van der Waals surface area contributed by atoms with Crippen molar-refractivity contribution in [1.29, 1.82) is 0 Å². The third-order valence-electron chi connectivity index (χ3n) is 0.820. The summed E-state index contributed by atoms with van der Waals surface area (Å²) in [7, 11) is 0. The molecule has 0 atom stereocenters. The minimum Gasteiger partial charge on any atom is -0.353 e. The van der Waals surface area contributed by atoms with Gasteiger partial charge in [0.05, 0.1) is 0 Å². The molecule has 3 heteroatoms. The molecule has 0 aromatic rings. The zero-order valence-electron chi connectivity index (χ0n) is 5.41. The molecule has 0 saturated carbocycles. The average Bonchev–Trinajstić information content (AvgIpc) is 1.87. The minimum atomic E-state index is -0.772. The summed E-state index contributed by atoms with van der Waals surface area (Å²) in [6, 6.07) is 0. The Labute approximate surface area is 53.8 Å². The second kappa shape index (κ2) is 4.06. The van der Waals surface area contributed by atoms with Gasteiger partial charge < -0.3 is 5.32 Å². The van der Waals surface area contributed by atoms with E-state index in [1.165, 1.54) is 0 Å². The maximum atomic E-state index is 11.6. The molecule has 0 spiro atoms. The van der Waals surface area contributed by atoms with Gasteiger partial charge in [0.2, 0.25) is 5.91 Å². The Balaban J connectivity index is 3.60. The first kappa shape index (κ1) is 8.14. The molecule has 0 aromatic carbocycles. The van der Waals surface area contributed by atoms with Crippen molar-refractivity contribution in [1.82, 2.24) is 5.32 Å². The Hall–Kier alpha value is -0.860. The second-order valence-electron chi connectivity index (χ2n) is 1.60. The summed E-state index contributed by atoms with van der Waals surface area (Å²) in [5.41, 5.74) is -0.0168. The molecule has 0 aliphatic carbocycles. The minimum absolute atomic E-state index is 0.0168. The molecule has 0 aliphatic heterocycles. The highest BCUT2D eigenvalue weighted by Crippen LogP contribution is 1.88. The highest BCUT2D eigenvalue weighted by atomic mass is 19.1. The number of hydrogen-bond donors (Lipinski definition) is 1. The van der Waals surface area contributed by atoms with Gasteiger partial charge in [-0.25, -0.2) is 4.39 Å². The maximum absolute atomic E-state index is 11.6. The lowest BCUT2D eigenvalue weighted by molar-refractivity contribution is -0.117. The number of carbonyl (C=O) groups excluding carboxylic acids is 1. The van der Waals surface area contributed by atoms with Crippen LogP contribution in [0.2, 0.25) is 0 Å². The number of nitrogens with one attached hydrogen (secondary N) is 1. The van der Waals surface area contributed by atoms with E-state index in [2.05, 4.69) is 11.9 Å². The van der Waals surface area contributed by atoms with Crippen LogP contribution in [0, 0.1) is 0 Å². The van der Waals surface area contributed by atoms with E-state index in [1.54, 1.807) is 6.92 Å². The van der Waals surface area contributed by atoms with E-state index in [9.17, 15) is 9.18 Å². The lowest BCUT2D eigenvalue weighted by Gasteiger charge is -1.98. The molecule has 0 fully saturated rings. The van der Waals surface area contributed by atoms with Gasteiger partial charge in [0.15, 0.2) is 0 Å². The van der Waals surface area contributed by atoms with Crippen LogP contribution in [0.15, 0.2) is 12.2 Å². The molecule has 0 aromatic heterocycles. The first-order valence-corrected chi connectivity index (χ1v) is 2.74. The number of halogens is 1. The van der Waals surface area contributed by atoms with E-state index >= 15 is 0 Å². The Morgan fingerprint density at radius 1 is 1.78 bits per heavy atom. The highest BCUT2D eigenvalue weighted by Gasteiger charge is 2.02. The van der Waals surface area contributed by atoms with Crippen molar-refractivity contribution in [3.63, 3.8) is 0 Å². The van der Waals surface area contributed by atoms with Crippen molar-refractivity contribution < 1.29 is 9.18 Å². The lowest BCUT2D eigenvalue weighted by atomic mass is 10.3. The van der Waals surface area contributed by atoms with Gasteiger partial charge in [-0.05, 0) is 6.92 Å².